The summed E-state index contributed by atoms with van der Waals surface area (Å²) in [5.41, 5.74) is 1.37. The smallest absolute Gasteiger partial charge is 0.410 e. The van der Waals surface area contributed by atoms with Gasteiger partial charge in [-0.25, -0.2) is 14.3 Å². The molecule has 8 nitrogen and oxygen atoms in total. The van der Waals surface area contributed by atoms with E-state index in [1.165, 1.54) is 4.68 Å². The molecule has 0 saturated carbocycles. The largest absolute Gasteiger partial charge is 0.476 e. The predicted octanol–water partition coefficient (Wildman–Crippen LogP) is 2.26. The molecule has 3 rings (SSSR count). The van der Waals surface area contributed by atoms with Crippen LogP contribution in [0.2, 0.25) is 0 Å². The lowest BCUT2D eigenvalue weighted by molar-refractivity contribution is 0.0661. The van der Waals surface area contributed by atoms with Gasteiger partial charge in [0.15, 0.2) is 5.69 Å². The van der Waals surface area contributed by atoms with E-state index in [4.69, 9.17) is 4.74 Å². The van der Waals surface area contributed by atoms with Gasteiger partial charge in [-0.15, -0.1) is 5.10 Å². The highest BCUT2D eigenvalue weighted by molar-refractivity contribution is 5.86. The minimum absolute atomic E-state index is 0.0736. The second-order valence-electron chi connectivity index (χ2n) is 6.06. The maximum absolute atomic E-state index is 12.3. The molecular formula is C17H20N4O4. The van der Waals surface area contributed by atoms with Crippen molar-refractivity contribution >= 4 is 12.1 Å². The van der Waals surface area contributed by atoms with Crippen molar-refractivity contribution < 1.29 is 19.4 Å². The van der Waals surface area contributed by atoms with Crippen molar-refractivity contribution in [2.45, 2.75) is 32.4 Å². The predicted molar refractivity (Wildman–Crippen MR) is 88.2 cm³/mol. The second-order valence-corrected chi connectivity index (χ2v) is 6.06. The third kappa shape index (κ3) is 3.78. The summed E-state index contributed by atoms with van der Waals surface area (Å²) in [5.74, 6) is -1.06. The Morgan fingerprint density at radius 1 is 1.32 bits per heavy atom. The summed E-state index contributed by atoms with van der Waals surface area (Å²) >= 11 is 0. The molecule has 0 aliphatic carbocycles. The van der Waals surface area contributed by atoms with Crippen molar-refractivity contribution in [3.8, 4) is 0 Å². The molecule has 1 fully saturated rings. The number of aryl methyl sites for hydroxylation is 1. The van der Waals surface area contributed by atoms with Crippen molar-refractivity contribution in [1.82, 2.24) is 19.9 Å². The molecule has 132 valence electrons. The molecule has 1 amide bonds. The van der Waals surface area contributed by atoms with Gasteiger partial charge in [-0.05, 0) is 25.3 Å². The number of rotatable bonds is 4. The van der Waals surface area contributed by atoms with Crippen LogP contribution in [-0.4, -0.2) is 50.2 Å². The summed E-state index contributed by atoms with van der Waals surface area (Å²) in [5, 5.41) is 17.2. The lowest BCUT2D eigenvalue weighted by Gasteiger charge is -2.32. The minimum atomic E-state index is -1.06. The molecule has 1 aromatic heterocycles. The number of hydrogen-bond acceptors (Lipinski definition) is 5. The molecule has 1 aliphatic heterocycles. The fraction of sp³-hybridized carbons (Fsp3) is 0.412. The van der Waals surface area contributed by atoms with E-state index >= 15 is 0 Å². The van der Waals surface area contributed by atoms with Gasteiger partial charge in [0.1, 0.15) is 6.61 Å². The molecule has 1 N–H and O–H groups in total. The molecule has 2 heterocycles. The maximum Gasteiger partial charge on any atom is 0.410 e. The third-order valence-corrected chi connectivity index (χ3v) is 4.27. The minimum Gasteiger partial charge on any atom is -0.476 e. The van der Waals surface area contributed by atoms with Crippen molar-refractivity contribution in [3.63, 3.8) is 0 Å². The maximum atomic E-state index is 12.3. The molecule has 1 unspecified atom stereocenters. The van der Waals surface area contributed by atoms with Crippen LogP contribution in [0.15, 0.2) is 30.3 Å². The molecule has 0 spiro atoms. The Morgan fingerprint density at radius 2 is 2.08 bits per heavy atom. The van der Waals surface area contributed by atoms with Crippen LogP contribution < -0.4 is 0 Å². The zero-order valence-corrected chi connectivity index (χ0v) is 14.0. The summed E-state index contributed by atoms with van der Waals surface area (Å²) in [7, 11) is 0. The Hall–Kier alpha value is -2.90. The molecule has 0 radical (unpaired) electrons. The van der Waals surface area contributed by atoms with Crippen LogP contribution in [0.4, 0.5) is 4.79 Å². The topological polar surface area (TPSA) is 97.5 Å². The number of piperidine rings is 1. The summed E-state index contributed by atoms with van der Waals surface area (Å²) in [6.45, 7) is 2.77. The average Bonchev–Trinajstić information content (AvgIpc) is 3.02. The molecule has 1 atom stereocenters. The van der Waals surface area contributed by atoms with E-state index in [1.54, 1.807) is 11.8 Å². The third-order valence-electron chi connectivity index (χ3n) is 4.27. The molecule has 1 saturated heterocycles. The Kier molecular flexibility index (Phi) is 4.97. The molecule has 25 heavy (non-hydrogen) atoms. The van der Waals surface area contributed by atoms with Crippen molar-refractivity contribution in [2.75, 3.05) is 13.1 Å². The van der Waals surface area contributed by atoms with Crippen molar-refractivity contribution in [1.29, 1.82) is 0 Å². The average molecular weight is 344 g/mol. The second kappa shape index (κ2) is 7.33. The number of nitrogens with zero attached hydrogens (tertiary/aromatic N) is 4. The quantitative estimate of drug-likeness (QED) is 0.913. The molecule has 8 heteroatoms. The normalized spacial score (nSPS) is 17.3. The monoisotopic (exact) mass is 344 g/mol. The van der Waals surface area contributed by atoms with Crippen LogP contribution in [-0.2, 0) is 11.3 Å². The zero-order valence-electron chi connectivity index (χ0n) is 14.0. The molecule has 0 bridgehead atoms. The fourth-order valence-corrected chi connectivity index (χ4v) is 3.01. The van der Waals surface area contributed by atoms with Crippen LogP contribution in [0, 0.1) is 6.92 Å². The molecular weight excluding hydrogens is 324 g/mol. The van der Waals surface area contributed by atoms with E-state index in [0.717, 1.165) is 18.4 Å². The number of likely N-dealkylation sites (tertiary alicyclic amines) is 1. The number of carboxylic acid groups (broad SMARTS) is 1. The Labute approximate surface area is 145 Å². The summed E-state index contributed by atoms with van der Waals surface area (Å²) in [6, 6.07) is 9.25. The van der Waals surface area contributed by atoms with Gasteiger partial charge in [0.2, 0.25) is 0 Å². The van der Waals surface area contributed by atoms with Crippen molar-refractivity contribution in [3.05, 3.63) is 47.3 Å². The highest BCUT2D eigenvalue weighted by Gasteiger charge is 2.30. The lowest BCUT2D eigenvalue weighted by Crippen LogP contribution is -2.41. The highest BCUT2D eigenvalue weighted by atomic mass is 16.6. The van der Waals surface area contributed by atoms with E-state index in [-0.39, 0.29) is 18.3 Å². The summed E-state index contributed by atoms with van der Waals surface area (Å²) < 4.78 is 6.77. The van der Waals surface area contributed by atoms with Gasteiger partial charge < -0.3 is 14.7 Å². The van der Waals surface area contributed by atoms with Gasteiger partial charge in [0, 0.05) is 13.1 Å². The summed E-state index contributed by atoms with van der Waals surface area (Å²) in [4.78, 5) is 25.3. The molecule has 1 aromatic carbocycles. The number of hydrogen-bond donors (Lipinski definition) is 1. The first-order valence-corrected chi connectivity index (χ1v) is 8.17. The number of aromatic nitrogens is 3. The first-order chi connectivity index (χ1) is 12.1. The Bertz CT molecular complexity index is 759. The summed E-state index contributed by atoms with van der Waals surface area (Å²) in [6.07, 6.45) is 1.09. The van der Waals surface area contributed by atoms with Crippen LogP contribution in [0.5, 0.6) is 0 Å². The number of carbonyl (C=O) groups is 2. The van der Waals surface area contributed by atoms with Gasteiger partial charge in [0.25, 0.3) is 0 Å². The number of amides is 1. The number of aromatic carboxylic acids is 1. The zero-order chi connectivity index (χ0) is 17.8. The van der Waals surface area contributed by atoms with Gasteiger partial charge in [-0.2, -0.15) is 0 Å². The first kappa shape index (κ1) is 16.9. The number of ether oxygens (including phenoxy) is 1. The van der Waals surface area contributed by atoms with E-state index in [2.05, 4.69) is 10.3 Å². The molecule has 1 aliphatic rings. The number of carbonyl (C=O) groups excluding carboxylic acids is 1. The van der Waals surface area contributed by atoms with Crippen molar-refractivity contribution in [2.24, 2.45) is 0 Å². The standard InChI is InChI=1S/C17H20N4O4/c1-12-15(16(22)23)21(19-18-12)14-8-5-9-20(10-14)17(24)25-11-13-6-3-2-4-7-13/h2-4,6-7,14H,5,8-11H2,1H3,(H,22,23). The van der Waals surface area contributed by atoms with Crippen LogP contribution >= 0.6 is 0 Å². The number of benzene rings is 1. The molecule has 2 aromatic rings. The van der Waals surface area contributed by atoms with Gasteiger partial charge in [-0.3, -0.25) is 0 Å². The SMILES string of the molecule is Cc1nnn(C2CCCN(C(=O)OCc3ccccc3)C2)c1C(=O)O. The van der Waals surface area contributed by atoms with Crippen LogP contribution in [0.1, 0.15) is 40.6 Å². The van der Waals surface area contributed by atoms with Crippen LogP contribution in [0.3, 0.4) is 0 Å². The van der Waals surface area contributed by atoms with Gasteiger partial charge in [-0.1, -0.05) is 35.5 Å². The first-order valence-electron chi connectivity index (χ1n) is 8.17. The van der Waals surface area contributed by atoms with E-state index in [9.17, 15) is 14.7 Å². The van der Waals surface area contributed by atoms with E-state index < -0.39 is 12.1 Å². The lowest BCUT2D eigenvalue weighted by atomic mass is 10.1. The van der Waals surface area contributed by atoms with Gasteiger partial charge >= 0.3 is 12.1 Å². The van der Waals surface area contributed by atoms with Crippen LogP contribution in [0.25, 0.3) is 0 Å². The van der Waals surface area contributed by atoms with E-state index in [1.807, 2.05) is 30.3 Å². The fourth-order valence-electron chi connectivity index (χ4n) is 3.01. The Morgan fingerprint density at radius 3 is 2.80 bits per heavy atom. The Balaban J connectivity index is 1.65. The highest BCUT2D eigenvalue weighted by Crippen LogP contribution is 2.23. The van der Waals surface area contributed by atoms with E-state index in [0.29, 0.717) is 18.8 Å². The number of carboxylic acids is 1. The van der Waals surface area contributed by atoms with Gasteiger partial charge in [0.05, 0.1) is 11.7 Å².